The van der Waals surface area contributed by atoms with Crippen molar-refractivity contribution in [2.45, 2.75) is 69.8 Å². The van der Waals surface area contributed by atoms with Crippen LogP contribution in [0, 0.1) is 29.6 Å². The summed E-state index contributed by atoms with van der Waals surface area (Å²) in [7, 11) is 0.149. The standard InChI is InChI=1S/C40H55ClN4O5S/c1-27-8-7-16-40(49-4,26-44-22-33-20-43(3)21-34(33)23-44)36-14-11-31(36)24-45-17-6-5-9-29-18-35(41)13-10-32(29)25-50-38-15-12-30(19-37(38)45)39(46)42-51(47,48)28(27)2/h7,10,12-13,15-16,18-19,27-28,31,33-34,36H,5-6,8-9,11,14,17,20-26H2,1-4H3,(H,42,46)/b16-7+/t27-,28+,31-,33-,34+,36+,40-/m0/s1. The number of benzene rings is 2. The predicted octanol–water partition coefficient (Wildman–Crippen LogP) is 6.01. The average molecular weight is 739 g/mol. The number of likely N-dealkylation sites (tertiary alicyclic amines) is 2. The fraction of sp³-hybridized carbons (Fsp3) is 0.625. The third kappa shape index (κ3) is 7.72. The van der Waals surface area contributed by atoms with E-state index in [0.29, 0.717) is 48.0 Å². The molecule has 1 amide bonds. The second kappa shape index (κ2) is 15.0. The first kappa shape index (κ1) is 36.7. The number of carbonyl (C=O) groups excluding carboxylic acids is 1. The Labute approximate surface area is 309 Å². The Balaban J connectivity index is 1.25. The van der Waals surface area contributed by atoms with Crippen LogP contribution in [0.2, 0.25) is 5.02 Å². The van der Waals surface area contributed by atoms with Gasteiger partial charge in [0.25, 0.3) is 5.91 Å². The zero-order chi connectivity index (χ0) is 35.9. The van der Waals surface area contributed by atoms with Crippen LogP contribution >= 0.6 is 11.6 Å². The first-order valence-corrected chi connectivity index (χ1v) is 20.9. The summed E-state index contributed by atoms with van der Waals surface area (Å²) in [5.74, 6) is 1.93. The van der Waals surface area contributed by atoms with E-state index < -0.39 is 26.8 Å². The molecule has 51 heavy (non-hydrogen) atoms. The monoisotopic (exact) mass is 738 g/mol. The van der Waals surface area contributed by atoms with E-state index in [-0.39, 0.29) is 5.92 Å². The lowest BCUT2D eigenvalue weighted by molar-refractivity contribution is -0.0898. The van der Waals surface area contributed by atoms with E-state index in [9.17, 15) is 13.2 Å². The molecule has 11 heteroatoms. The maximum Gasteiger partial charge on any atom is 0.264 e. The molecule has 9 nitrogen and oxygen atoms in total. The maximum atomic E-state index is 13.6. The van der Waals surface area contributed by atoms with Crippen LogP contribution in [0.25, 0.3) is 0 Å². The molecule has 2 bridgehead atoms. The van der Waals surface area contributed by atoms with Gasteiger partial charge in [-0.1, -0.05) is 36.7 Å². The molecule has 4 aliphatic heterocycles. The number of anilines is 1. The number of rotatable bonds is 3. The summed E-state index contributed by atoms with van der Waals surface area (Å²) >= 11 is 6.40. The second-order valence-electron chi connectivity index (χ2n) is 16.1. The number of nitrogens with zero attached hydrogens (tertiary/aromatic N) is 3. The molecule has 0 aromatic heterocycles. The van der Waals surface area contributed by atoms with Crippen molar-refractivity contribution < 1.29 is 22.7 Å². The van der Waals surface area contributed by atoms with Gasteiger partial charge in [0.15, 0.2) is 0 Å². The summed E-state index contributed by atoms with van der Waals surface area (Å²) in [5, 5.41) is -0.0452. The van der Waals surface area contributed by atoms with Gasteiger partial charge < -0.3 is 19.3 Å². The Hall–Kier alpha value is -2.63. The molecule has 278 valence electrons. The Bertz CT molecular complexity index is 1720. The van der Waals surface area contributed by atoms with E-state index in [1.807, 2.05) is 44.4 Å². The molecule has 2 aromatic rings. The van der Waals surface area contributed by atoms with Crippen molar-refractivity contribution in [2.75, 3.05) is 64.9 Å². The van der Waals surface area contributed by atoms with Gasteiger partial charge in [-0.25, -0.2) is 13.1 Å². The number of methoxy groups -OCH3 is 1. The number of halogens is 1. The third-order valence-corrected chi connectivity index (χ3v) is 14.9. The molecule has 1 aliphatic carbocycles. The normalized spacial score (nSPS) is 33.8. The van der Waals surface area contributed by atoms with Crippen molar-refractivity contribution in [3.8, 4) is 5.75 Å². The van der Waals surface area contributed by atoms with E-state index in [2.05, 4.69) is 38.6 Å². The summed E-state index contributed by atoms with van der Waals surface area (Å²) in [5.41, 5.74) is 2.93. The quantitative estimate of drug-likeness (QED) is 0.383. The second-order valence-corrected chi connectivity index (χ2v) is 18.6. The Morgan fingerprint density at radius 3 is 2.49 bits per heavy atom. The molecule has 0 spiro atoms. The fourth-order valence-corrected chi connectivity index (χ4v) is 10.9. The van der Waals surface area contributed by atoms with Gasteiger partial charge in [-0.05, 0) is 124 Å². The highest BCUT2D eigenvalue weighted by molar-refractivity contribution is 7.90. The van der Waals surface area contributed by atoms with Crippen molar-refractivity contribution >= 4 is 33.2 Å². The minimum Gasteiger partial charge on any atom is -0.487 e. The van der Waals surface area contributed by atoms with Crippen LogP contribution in [0.1, 0.15) is 67.4 Å². The van der Waals surface area contributed by atoms with E-state index >= 15 is 0 Å². The summed E-state index contributed by atoms with van der Waals surface area (Å²) in [6.07, 6.45) is 10.0. The number of aryl methyl sites for hydroxylation is 1. The van der Waals surface area contributed by atoms with Crippen LogP contribution in [0.5, 0.6) is 5.75 Å². The first-order chi connectivity index (χ1) is 24.4. The number of sulfonamides is 1. The molecular formula is C40H55ClN4O5S. The van der Waals surface area contributed by atoms with Gasteiger partial charge in [-0.15, -0.1) is 0 Å². The van der Waals surface area contributed by atoms with Gasteiger partial charge >= 0.3 is 0 Å². The Morgan fingerprint density at radius 1 is 0.980 bits per heavy atom. The predicted molar refractivity (Wildman–Crippen MR) is 203 cm³/mol. The van der Waals surface area contributed by atoms with E-state index in [0.717, 1.165) is 94.2 Å². The van der Waals surface area contributed by atoms with Crippen LogP contribution in [-0.4, -0.2) is 94.9 Å². The third-order valence-electron chi connectivity index (χ3n) is 12.8. The molecule has 0 radical (unpaired) electrons. The molecule has 3 fully saturated rings. The largest absolute Gasteiger partial charge is 0.487 e. The summed E-state index contributed by atoms with van der Waals surface area (Å²) in [6.45, 7) is 10.9. The highest BCUT2D eigenvalue weighted by atomic mass is 35.5. The van der Waals surface area contributed by atoms with E-state index in [1.54, 1.807) is 13.0 Å². The van der Waals surface area contributed by atoms with Crippen LogP contribution < -0.4 is 14.4 Å². The minimum atomic E-state index is -3.94. The average Bonchev–Trinajstić information content (AvgIpc) is 3.61. The van der Waals surface area contributed by atoms with Gasteiger partial charge in [-0.3, -0.25) is 9.69 Å². The zero-order valence-corrected chi connectivity index (χ0v) is 32.2. The van der Waals surface area contributed by atoms with Crippen LogP contribution in [0.15, 0.2) is 48.6 Å². The Kier molecular flexibility index (Phi) is 10.8. The molecule has 2 saturated heterocycles. The molecule has 5 aliphatic rings. The highest BCUT2D eigenvalue weighted by Gasteiger charge is 2.50. The van der Waals surface area contributed by atoms with Crippen molar-refractivity contribution in [3.05, 3.63) is 70.3 Å². The van der Waals surface area contributed by atoms with Gasteiger partial charge in [0, 0.05) is 63.5 Å². The van der Waals surface area contributed by atoms with Crippen molar-refractivity contribution in [3.63, 3.8) is 0 Å². The first-order valence-electron chi connectivity index (χ1n) is 18.9. The highest BCUT2D eigenvalue weighted by Crippen LogP contribution is 2.47. The van der Waals surface area contributed by atoms with Crippen LogP contribution in [-0.2, 0) is 27.8 Å². The van der Waals surface area contributed by atoms with Crippen molar-refractivity contribution in [1.29, 1.82) is 0 Å². The summed E-state index contributed by atoms with van der Waals surface area (Å²) < 4.78 is 42.8. The number of nitrogens with one attached hydrogen (secondary N) is 1. The lowest BCUT2D eigenvalue weighted by Crippen LogP contribution is -2.56. The molecule has 0 unspecified atom stereocenters. The number of allylic oxidation sites excluding steroid dienone is 1. The van der Waals surface area contributed by atoms with Gasteiger partial charge in [0.1, 0.15) is 18.0 Å². The maximum absolute atomic E-state index is 13.6. The molecular weight excluding hydrogens is 684 g/mol. The molecule has 4 heterocycles. The number of hydrogen-bond donors (Lipinski definition) is 1. The SMILES string of the molecule is CO[C@]1(CN2C[C@H]3CN(C)C[C@H]3C2)/C=C/C[C@H](C)[C@@H](C)S(=O)(=O)NC(=O)c2ccc3c(c2)N(CCCCc2cc(Cl)ccc2CO3)C[C@@H]2CC[C@H]21. The smallest absolute Gasteiger partial charge is 0.264 e. The summed E-state index contributed by atoms with van der Waals surface area (Å²) in [4.78, 5) is 21.1. The van der Waals surface area contributed by atoms with E-state index in [4.69, 9.17) is 21.1 Å². The van der Waals surface area contributed by atoms with Gasteiger partial charge in [0.2, 0.25) is 10.0 Å². The van der Waals surface area contributed by atoms with Crippen molar-refractivity contribution in [2.24, 2.45) is 29.6 Å². The number of fused-ring (bicyclic) bond motifs is 4. The molecule has 1 N–H and O–H groups in total. The minimum absolute atomic E-state index is 0.207. The van der Waals surface area contributed by atoms with Crippen LogP contribution in [0.4, 0.5) is 5.69 Å². The summed E-state index contributed by atoms with van der Waals surface area (Å²) in [6, 6.07) is 11.3. The molecule has 1 saturated carbocycles. The van der Waals surface area contributed by atoms with Crippen LogP contribution in [0.3, 0.4) is 0 Å². The number of ether oxygens (including phenoxy) is 2. The topological polar surface area (TPSA) is 91.4 Å². The Morgan fingerprint density at radius 2 is 1.76 bits per heavy atom. The zero-order valence-electron chi connectivity index (χ0n) is 30.7. The lowest BCUT2D eigenvalue weighted by atomic mass is 9.64. The number of hydrogen-bond acceptors (Lipinski definition) is 8. The van der Waals surface area contributed by atoms with Gasteiger partial charge in [0.05, 0.1) is 10.9 Å². The lowest BCUT2D eigenvalue weighted by Gasteiger charge is -2.51. The molecule has 2 aromatic carbocycles. The molecule has 7 rings (SSSR count). The number of amides is 1. The van der Waals surface area contributed by atoms with Crippen molar-refractivity contribution in [1.82, 2.24) is 14.5 Å². The fourth-order valence-electron chi connectivity index (χ4n) is 9.44. The molecule has 7 atom stereocenters. The number of carbonyl (C=O) groups is 1. The van der Waals surface area contributed by atoms with Gasteiger partial charge in [-0.2, -0.15) is 0 Å². The van der Waals surface area contributed by atoms with E-state index in [1.165, 1.54) is 5.56 Å².